The number of benzene rings is 2. The Labute approximate surface area is 221 Å². The minimum atomic E-state index is -0.488. The maximum absolute atomic E-state index is 14.9. The molecule has 4 heterocycles. The Morgan fingerprint density at radius 2 is 1.85 bits per heavy atom. The Hall–Kier alpha value is -5.02. The second-order valence-corrected chi connectivity index (χ2v) is 8.88. The van der Waals surface area contributed by atoms with Crippen molar-refractivity contribution in [3.63, 3.8) is 0 Å². The number of aryl methyl sites for hydroxylation is 1. The minimum absolute atomic E-state index is 0.172. The van der Waals surface area contributed by atoms with Gasteiger partial charge in [-0.15, -0.1) is 0 Å². The van der Waals surface area contributed by atoms with Gasteiger partial charge in [-0.3, -0.25) is 4.68 Å². The van der Waals surface area contributed by atoms with Gasteiger partial charge < -0.3 is 9.42 Å². The molecule has 0 fully saturated rings. The van der Waals surface area contributed by atoms with Crippen LogP contribution in [-0.2, 0) is 29.1 Å². The van der Waals surface area contributed by atoms with Gasteiger partial charge in [0.1, 0.15) is 23.5 Å². The molecule has 11 heteroatoms. The molecule has 0 radical (unpaired) electrons. The minimum Gasteiger partial charge on any atom is -0.364 e. The van der Waals surface area contributed by atoms with Crippen LogP contribution in [0.4, 0.5) is 14.6 Å². The van der Waals surface area contributed by atoms with Crippen LogP contribution in [0, 0.1) is 18.6 Å². The zero-order valence-electron chi connectivity index (χ0n) is 20.8. The summed E-state index contributed by atoms with van der Waals surface area (Å²) in [6.07, 6.45) is 3.69. The van der Waals surface area contributed by atoms with Gasteiger partial charge in [0.25, 0.3) is 0 Å². The first kappa shape index (κ1) is 25.6. The smallest absolute Gasteiger partial charge is 0.364 e. The van der Waals surface area contributed by atoms with E-state index in [9.17, 15) is 8.78 Å². The summed E-state index contributed by atoms with van der Waals surface area (Å²) >= 11 is 0. The van der Waals surface area contributed by atoms with Crippen molar-refractivity contribution in [3.05, 3.63) is 101 Å². The van der Waals surface area contributed by atoms with Crippen LogP contribution in [-0.4, -0.2) is 37.6 Å². The first-order valence-corrected chi connectivity index (χ1v) is 12.0. The van der Waals surface area contributed by atoms with Crippen LogP contribution >= 0.6 is 0 Å². The summed E-state index contributed by atoms with van der Waals surface area (Å²) in [4.78, 5) is 27.0. The third kappa shape index (κ3) is 5.34. The summed E-state index contributed by atoms with van der Waals surface area (Å²) in [5, 5.41) is 8.66. The highest BCUT2D eigenvalue weighted by Crippen LogP contribution is 2.30. The van der Waals surface area contributed by atoms with Crippen molar-refractivity contribution in [1.82, 2.24) is 24.9 Å². The number of fused-ring (bicyclic) bond motifs is 1. The normalized spacial score (nSPS) is 12.3. The van der Waals surface area contributed by atoms with E-state index in [-0.39, 0.29) is 30.2 Å². The number of nitrogens with zero attached hydrogens (tertiary/aromatic N) is 6. The molecular formula is C28H22F2N6O3. The molecule has 0 atom stereocenters. The topological polar surface area (TPSA) is 107 Å². The molecule has 0 saturated heterocycles. The fraction of sp³-hybridized carbons (Fsp3) is 0.179. The molecule has 1 aliphatic rings. The van der Waals surface area contributed by atoms with Crippen molar-refractivity contribution < 1.29 is 22.9 Å². The fourth-order valence-corrected chi connectivity index (χ4v) is 4.62. The van der Waals surface area contributed by atoms with Crippen molar-refractivity contribution in [2.75, 3.05) is 11.4 Å². The highest BCUT2D eigenvalue weighted by molar-refractivity contribution is 5.63. The van der Waals surface area contributed by atoms with Gasteiger partial charge in [-0.05, 0) is 42.2 Å². The zero-order valence-corrected chi connectivity index (χ0v) is 20.8. The number of anilines is 1. The summed E-state index contributed by atoms with van der Waals surface area (Å²) in [7, 11) is 0. The van der Waals surface area contributed by atoms with Crippen molar-refractivity contribution in [2.24, 2.45) is 0 Å². The van der Waals surface area contributed by atoms with E-state index in [4.69, 9.17) is 14.1 Å². The highest BCUT2D eigenvalue weighted by atomic mass is 19.1. The maximum Gasteiger partial charge on any atom is 0.373 e. The standard InChI is InChI=1S/C27H22F2N6O.CO2/c1-17-5-4-7-18-9-11-34(16-20(17)18)27-22(29)14-30-26(31-27)24-13-25(23-10-12-36-33-23)35(32-24)15-19-6-2-3-8-21(19)28;2-1-3/h2-8,10,12-14H,9,11,15-16H2,1H3;. The lowest BCUT2D eigenvalue weighted by Crippen LogP contribution is -2.32. The molecule has 196 valence electrons. The van der Waals surface area contributed by atoms with Gasteiger partial charge in [0.05, 0.1) is 18.4 Å². The lowest BCUT2D eigenvalue weighted by atomic mass is 9.95. The predicted molar refractivity (Wildman–Crippen MR) is 135 cm³/mol. The van der Waals surface area contributed by atoms with Gasteiger partial charge in [0, 0.05) is 24.7 Å². The lowest BCUT2D eigenvalue weighted by Gasteiger charge is -2.31. The quantitative estimate of drug-likeness (QED) is 0.326. The number of hydrogen-bond acceptors (Lipinski definition) is 8. The van der Waals surface area contributed by atoms with Crippen LogP contribution in [0.2, 0.25) is 0 Å². The molecule has 0 aliphatic carbocycles. The Morgan fingerprint density at radius 1 is 1.03 bits per heavy atom. The Balaban J connectivity index is 0.000000983. The molecule has 5 aromatic rings. The van der Waals surface area contributed by atoms with Crippen molar-refractivity contribution in [1.29, 1.82) is 0 Å². The SMILES string of the molecule is Cc1cccc2c1CN(c1nc(-c3cc(-c4ccon4)n(Cc4ccccc4F)n3)ncc1F)CC2.O=C=O. The Kier molecular flexibility index (Phi) is 7.33. The van der Waals surface area contributed by atoms with E-state index >= 15 is 0 Å². The molecule has 6 rings (SSSR count). The molecule has 0 N–H and O–H groups in total. The molecule has 9 nitrogen and oxygen atoms in total. The van der Waals surface area contributed by atoms with Gasteiger partial charge in [0.15, 0.2) is 17.5 Å². The van der Waals surface area contributed by atoms with Crippen LogP contribution in [0.15, 0.2) is 71.6 Å². The third-order valence-electron chi connectivity index (χ3n) is 6.52. The molecule has 0 amide bonds. The number of aromatic nitrogens is 5. The molecule has 39 heavy (non-hydrogen) atoms. The van der Waals surface area contributed by atoms with Crippen molar-refractivity contribution in [2.45, 2.75) is 26.4 Å². The molecule has 2 aromatic carbocycles. The summed E-state index contributed by atoms with van der Waals surface area (Å²) in [6, 6.07) is 16.2. The van der Waals surface area contributed by atoms with E-state index in [2.05, 4.69) is 45.3 Å². The number of hydrogen-bond donors (Lipinski definition) is 0. The van der Waals surface area contributed by atoms with E-state index in [1.807, 2.05) is 4.90 Å². The average molecular weight is 529 g/mol. The van der Waals surface area contributed by atoms with Crippen LogP contribution in [0.5, 0.6) is 0 Å². The molecule has 0 unspecified atom stereocenters. The second kappa shape index (κ2) is 11.2. The molecule has 0 bridgehead atoms. The fourth-order valence-electron chi connectivity index (χ4n) is 4.62. The van der Waals surface area contributed by atoms with E-state index in [1.54, 1.807) is 35.0 Å². The van der Waals surface area contributed by atoms with Crippen LogP contribution < -0.4 is 4.90 Å². The second-order valence-electron chi connectivity index (χ2n) is 8.88. The van der Waals surface area contributed by atoms with Gasteiger partial charge in [-0.1, -0.05) is 41.6 Å². The number of halogens is 2. The van der Waals surface area contributed by atoms with Crippen LogP contribution in [0.3, 0.4) is 0 Å². The van der Waals surface area contributed by atoms with E-state index < -0.39 is 5.82 Å². The molecule has 0 spiro atoms. The summed E-state index contributed by atoms with van der Waals surface area (Å²) in [5.74, 6) is -0.306. The first-order valence-electron chi connectivity index (χ1n) is 12.0. The zero-order chi connectivity index (χ0) is 27.4. The van der Waals surface area contributed by atoms with Gasteiger partial charge in [-0.25, -0.2) is 18.7 Å². The molecule has 1 aliphatic heterocycles. The summed E-state index contributed by atoms with van der Waals surface area (Å²) in [5.41, 5.74) is 5.71. The van der Waals surface area contributed by atoms with Gasteiger partial charge >= 0.3 is 6.15 Å². The maximum atomic E-state index is 14.9. The van der Waals surface area contributed by atoms with E-state index in [0.717, 1.165) is 6.42 Å². The van der Waals surface area contributed by atoms with E-state index in [1.165, 1.54) is 35.2 Å². The summed E-state index contributed by atoms with van der Waals surface area (Å²) < 4.78 is 35.9. The third-order valence-corrected chi connectivity index (χ3v) is 6.52. The lowest BCUT2D eigenvalue weighted by molar-refractivity contribution is -0.191. The number of rotatable bonds is 5. The van der Waals surface area contributed by atoms with Crippen LogP contribution in [0.1, 0.15) is 22.3 Å². The molecule has 3 aromatic heterocycles. The number of carbonyl (C=O) groups excluding carboxylic acids is 2. The van der Waals surface area contributed by atoms with Gasteiger partial charge in [-0.2, -0.15) is 14.7 Å². The Morgan fingerprint density at radius 3 is 2.62 bits per heavy atom. The average Bonchev–Trinajstić information content (AvgIpc) is 3.61. The van der Waals surface area contributed by atoms with E-state index in [0.29, 0.717) is 35.7 Å². The predicted octanol–water partition coefficient (Wildman–Crippen LogP) is 4.61. The van der Waals surface area contributed by atoms with Gasteiger partial charge in [0.2, 0.25) is 0 Å². The van der Waals surface area contributed by atoms with Crippen LogP contribution in [0.25, 0.3) is 22.9 Å². The molecular weight excluding hydrogens is 506 g/mol. The summed E-state index contributed by atoms with van der Waals surface area (Å²) in [6.45, 7) is 3.46. The highest BCUT2D eigenvalue weighted by Gasteiger charge is 2.24. The molecule has 0 saturated carbocycles. The van der Waals surface area contributed by atoms with Crippen molar-refractivity contribution >= 4 is 12.0 Å². The largest absolute Gasteiger partial charge is 0.373 e. The Bertz CT molecular complexity index is 1650. The van der Waals surface area contributed by atoms with Crippen molar-refractivity contribution in [3.8, 4) is 22.9 Å². The first-order chi connectivity index (χ1) is 19.0. The monoisotopic (exact) mass is 528 g/mol.